The molecule has 0 aliphatic heterocycles. The summed E-state index contributed by atoms with van der Waals surface area (Å²) >= 11 is 7.39. The lowest BCUT2D eigenvalue weighted by Gasteiger charge is -2.31. The standard InChI is InChI=1S/C13H20ClNOS/c1-13(2,3)11(4-6-14)15-12(16)8-10-5-7-17-9-10/h5,7,9,11H,4,6,8H2,1-3H3,(H,15,16). The molecule has 0 bridgehead atoms. The molecule has 1 atom stereocenters. The van der Waals surface area contributed by atoms with E-state index in [0.717, 1.165) is 12.0 Å². The zero-order chi connectivity index (χ0) is 12.9. The van der Waals surface area contributed by atoms with Crippen molar-refractivity contribution in [1.82, 2.24) is 5.32 Å². The van der Waals surface area contributed by atoms with E-state index in [1.165, 1.54) is 0 Å². The molecule has 1 aromatic heterocycles. The lowest BCUT2D eigenvalue weighted by atomic mass is 9.85. The highest BCUT2D eigenvalue weighted by Gasteiger charge is 2.25. The predicted octanol–water partition coefficient (Wildman–Crippen LogP) is 3.45. The number of alkyl halides is 1. The second-order valence-electron chi connectivity index (χ2n) is 5.27. The molecule has 0 spiro atoms. The van der Waals surface area contributed by atoms with Gasteiger partial charge in [0.15, 0.2) is 0 Å². The Balaban J connectivity index is 2.52. The van der Waals surface area contributed by atoms with Gasteiger partial charge in [0.05, 0.1) is 6.42 Å². The van der Waals surface area contributed by atoms with Gasteiger partial charge in [-0.25, -0.2) is 0 Å². The number of hydrogen-bond donors (Lipinski definition) is 1. The third-order valence-corrected chi connectivity index (χ3v) is 3.67. The van der Waals surface area contributed by atoms with Crippen molar-refractivity contribution < 1.29 is 4.79 Å². The zero-order valence-electron chi connectivity index (χ0n) is 10.6. The Hall–Kier alpha value is -0.540. The summed E-state index contributed by atoms with van der Waals surface area (Å²) in [6.07, 6.45) is 1.26. The summed E-state index contributed by atoms with van der Waals surface area (Å²) in [5.41, 5.74) is 1.12. The van der Waals surface area contributed by atoms with Crippen LogP contribution in [0.3, 0.4) is 0 Å². The molecule has 0 fully saturated rings. The maximum atomic E-state index is 11.9. The SMILES string of the molecule is CC(C)(C)C(CCCl)NC(=O)Cc1ccsc1. The van der Waals surface area contributed by atoms with Crippen LogP contribution in [-0.2, 0) is 11.2 Å². The van der Waals surface area contributed by atoms with Gasteiger partial charge in [0.25, 0.3) is 0 Å². The van der Waals surface area contributed by atoms with Gasteiger partial charge in [0.2, 0.25) is 5.91 Å². The van der Waals surface area contributed by atoms with Crippen LogP contribution in [0.2, 0.25) is 0 Å². The second kappa shape index (κ2) is 6.41. The van der Waals surface area contributed by atoms with Crippen LogP contribution in [-0.4, -0.2) is 17.8 Å². The first kappa shape index (κ1) is 14.5. The van der Waals surface area contributed by atoms with Crippen molar-refractivity contribution in [2.24, 2.45) is 5.41 Å². The largest absolute Gasteiger partial charge is 0.353 e. The summed E-state index contributed by atoms with van der Waals surface area (Å²) in [5.74, 6) is 0.647. The maximum Gasteiger partial charge on any atom is 0.224 e. The van der Waals surface area contributed by atoms with Gasteiger partial charge in [-0.05, 0) is 34.2 Å². The topological polar surface area (TPSA) is 29.1 Å². The average molecular weight is 274 g/mol. The number of nitrogens with one attached hydrogen (secondary N) is 1. The minimum absolute atomic E-state index is 0.0409. The summed E-state index contributed by atoms with van der Waals surface area (Å²) in [7, 11) is 0. The van der Waals surface area contributed by atoms with Gasteiger partial charge in [-0.2, -0.15) is 11.3 Å². The third kappa shape index (κ3) is 5.09. The molecule has 1 heterocycles. The van der Waals surface area contributed by atoms with E-state index < -0.39 is 0 Å². The Labute approximate surface area is 112 Å². The number of rotatable bonds is 5. The van der Waals surface area contributed by atoms with Gasteiger partial charge >= 0.3 is 0 Å². The molecule has 96 valence electrons. The van der Waals surface area contributed by atoms with Crippen LogP contribution < -0.4 is 5.32 Å². The molecule has 1 unspecified atom stereocenters. The molecule has 0 aromatic carbocycles. The predicted molar refractivity (Wildman–Crippen MR) is 74.7 cm³/mol. The lowest BCUT2D eigenvalue weighted by molar-refractivity contribution is -0.121. The van der Waals surface area contributed by atoms with Crippen LogP contribution in [0.5, 0.6) is 0 Å². The fourth-order valence-electron chi connectivity index (χ4n) is 1.65. The van der Waals surface area contributed by atoms with Gasteiger partial charge in [-0.3, -0.25) is 4.79 Å². The van der Waals surface area contributed by atoms with Crippen LogP contribution in [0.25, 0.3) is 0 Å². The Bertz CT molecular complexity index is 343. The molecule has 2 nitrogen and oxygen atoms in total. The minimum Gasteiger partial charge on any atom is -0.353 e. The van der Waals surface area contributed by atoms with E-state index in [1.54, 1.807) is 11.3 Å². The summed E-state index contributed by atoms with van der Waals surface area (Å²) < 4.78 is 0. The van der Waals surface area contributed by atoms with Crippen LogP contribution in [0, 0.1) is 5.41 Å². The van der Waals surface area contributed by atoms with Gasteiger partial charge in [0.1, 0.15) is 0 Å². The zero-order valence-corrected chi connectivity index (χ0v) is 12.2. The van der Waals surface area contributed by atoms with Crippen molar-refractivity contribution >= 4 is 28.8 Å². The van der Waals surface area contributed by atoms with E-state index in [2.05, 4.69) is 26.1 Å². The molecule has 0 aliphatic rings. The normalized spacial score (nSPS) is 13.4. The van der Waals surface area contributed by atoms with Crippen LogP contribution in [0.1, 0.15) is 32.8 Å². The number of carbonyl (C=O) groups is 1. The Kier molecular flexibility index (Phi) is 5.47. The lowest BCUT2D eigenvalue weighted by Crippen LogP contribution is -2.44. The summed E-state index contributed by atoms with van der Waals surface area (Å²) in [6, 6.07) is 2.11. The van der Waals surface area contributed by atoms with Crippen LogP contribution >= 0.6 is 22.9 Å². The van der Waals surface area contributed by atoms with E-state index in [0.29, 0.717) is 12.3 Å². The molecule has 1 rings (SSSR count). The molecule has 17 heavy (non-hydrogen) atoms. The molecule has 0 saturated heterocycles. The number of thiophene rings is 1. The molecule has 0 radical (unpaired) electrons. The molecule has 1 aromatic rings. The van der Waals surface area contributed by atoms with Crippen LogP contribution in [0.4, 0.5) is 0 Å². The van der Waals surface area contributed by atoms with Crippen molar-refractivity contribution in [2.75, 3.05) is 5.88 Å². The first-order valence-electron chi connectivity index (χ1n) is 5.80. The highest BCUT2D eigenvalue weighted by Crippen LogP contribution is 2.22. The van der Waals surface area contributed by atoms with E-state index in [-0.39, 0.29) is 17.4 Å². The quantitative estimate of drug-likeness (QED) is 0.818. The van der Waals surface area contributed by atoms with Gasteiger partial charge in [-0.15, -0.1) is 11.6 Å². The van der Waals surface area contributed by atoms with Crippen LogP contribution in [0.15, 0.2) is 16.8 Å². The van der Waals surface area contributed by atoms with Crippen molar-refractivity contribution in [3.8, 4) is 0 Å². The Morgan fingerprint density at radius 1 is 1.53 bits per heavy atom. The minimum atomic E-state index is 0.0409. The molecule has 0 aliphatic carbocycles. The molecule has 1 N–H and O–H groups in total. The average Bonchev–Trinajstić information content (AvgIpc) is 2.68. The van der Waals surface area contributed by atoms with Gasteiger partial charge in [-0.1, -0.05) is 20.8 Å². The highest BCUT2D eigenvalue weighted by atomic mass is 35.5. The molecule has 1 amide bonds. The van der Waals surface area contributed by atoms with Crippen molar-refractivity contribution in [2.45, 2.75) is 39.7 Å². The Morgan fingerprint density at radius 2 is 2.24 bits per heavy atom. The first-order chi connectivity index (χ1) is 7.93. The first-order valence-corrected chi connectivity index (χ1v) is 7.27. The number of halogens is 1. The fourth-order valence-corrected chi connectivity index (χ4v) is 2.54. The smallest absolute Gasteiger partial charge is 0.224 e. The van der Waals surface area contributed by atoms with Crippen molar-refractivity contribution in [1.29, 1.82) is 0 Å². The second-order valence-corrected chi connectivity index (χ2v) is 6.43. The summed E-state index contributed by atoms with van der Waals surface area (Å²) in [4.78, 5) is 11.9. The van der Waals surface area contributed by atoms with Gasteiger partial charge in [0, 0.05) is 11.9 Å². The molecular weight excluding hydrogens is 254 g/mol. The molecule has 4 heteroatoms. The van der Waals surface area contributed by atoms with E-state index in [4.69, 9.17) is 11.6 Å². The summed E-state index contributed by atoms with van der Waals surface area (Å²) in [6.45, 7) is 6.36. The fraction of sp³-hybridized carbons (Fsp3) is 0.615. The number of carbonyl (C=O) groups excluding carboxylic acids is 1. The van der Waals surface area contributed by atoms with E-state index in [9.17, 15) is 4.79 Å². The highest BCUT2D eigenvalue weighted by molar-refractivity contribution is 7.07. The number of hydrogen-bond acceptors (Lipinski definition) is 2. The van der Waals surface area contributed by atoms with Crippen molar-refractivity contribution in [3.63, 3.8) is 0 Å². The van der Waals surface area contributed by atoms with E-state index >= 15 is 0 Å². The van der Waals surface area contributed by atoms with Crippen molar-refractivity contribution in [3.05, 3.63) is 22.4 Å². The summed E-state index contributed by atoms with van der Waals surface area (Å²) in [5, 5.41) is 7.07. The molecule has 0 saturated carbocycles. The number of amides is 1. The third-order valence-electron chi connectivity index (χ3n) is 2.72. The molecular formula is C13H20ClNOS. The Morgan fingerprint density at radius 3 is 2.71 bits per heavy atom. The van der Waals surface area contributed by atoms with E-state index in [1.807, 2.05) is 16.8 Å². The maximum absolute atomic E-state index is 11.9. The van der Waals surface area contributed by atoms with Gasteiger partial charge < -0.3 is 5.32 Å². The monoisotopic (exact) mass is 273 g/mol.